The van der Waals surface area contributed by atoms with Gasteiger partial charge in [0, 0.05) is 18.8 Å². The number of hydrogen-bond acceptors (Lipinski definition) is 3. The molecule has 0 aromatic rings. The number of carbonyl (C=O) groups is 1. The highest BCUT2D eigenvalue weighted by molar-refractivity contribution is 7.98. The van der Waals surface area contributed by atoms with Gasteiger partial charge in [-0.2, -0.15) is 11.8 Å². The Morgan fingerprint density at radius 1 is 1.50 bits per heavy atom. The predicted molar refractivity (Wildman–Crippen MR) is 70.5 cm³/mol. The second kappa shape index (κ2) is 6.50. The van der Waals surface area contributed by atoms with E-state index in [1.165, 1.54) is 0 Å². The van der Waals surface area contributed by atoms with Crippen LogP contribution in [0.25, 0.3) is 0 Å². The van der Waals surface area contributed by atoms with Crippen LogP contribution in [-0.4, -0.2) is 31.0 Å². The van der Waals surface area contributed by atoms with E-state index < -0.39 is 0 Å². The second-order valence-electron chi connectivity index (χ2n) is 4.92. The first kappa shape index (κ1) is 13.8. The fourth-order valence-corrected chi connectivity index (χ4v) is 2.60. The van der Waals surface area contributed by atoms with E-state index in [9.17, 15) is 4.79 Å². The van der Waals surface area contributed by atoms with E-state index in [4.69, 9.17) is 5.73 Å². The molecule has 94 valence electrons. The predicted octanol–water partition coefficient (Wildman–Crippen LogP) is 1.62. The highest BCUT2D eigenvalue weighted by Crippen LogP contribution is 2.38. The molecule has 0 aromatic heterocycles. The van der Waals surface area contributed by atoms with Crippen molar-refractivity contribution in [3.05, 3.63) is 0 Å². The monoisotopic (exact) mass is 244 g/mol. The molecular formula is C12H24N2OS. The average molecular weight is 244 g/mol. The lowest BCUT2D eigenvalue weighted by molar-refractivity contribution is -0.132. The molecule has 0 heterocycles. The summed E-state index contributed by atoms with van der Waals surface area (Å²) in [5.74, 6) is 1.90. The van der Waals surface area contributed by atoms with Crippen LogP contribution in [0.3, 0.4) is 0 Å². The van der Waals surface area contributed by atoms with Gasteiger partial charge in [-0.3, -0.25) is 4.79 Å². The third-order valence-electron chi connectivity index (χ3n) is 3.70. The van der Waals surface area contributed by atoms with Gasteiger partial charge in [0.2, 0.25) is 5.91 Å². The largest absolute Gasteiger partial charge is 0.355 e. The number of carbonyl (C=O) groups excluding carboxylic acids is 1. The average Bonchev–Trinajstić information content (AvgIpc) is 2.31. The Balaban J connectivity index is 2.48. The molecule has 3 nitrogen and oxygen atoms in total. The number of amides is 1. The van der Waals surface area contributed by atoms with Crippen LogP contribution in [0.5, 0.6) is 0 Å². The summed E-state index contributed by atoms with van der Waals surface area (Å²) in [6.45, 7) is 3.51. The van der Waals surface area contributed by atoms with Crippen molar-refractivity contribution in [2.45, 2.75) is 32.6 Å². The molecular weight excluding hydrogens is 220 g/mol. The Morgan fingerprint density at radius 3 is 2.62 bits per heavy atom. The van der Waals surface area contributed by atoms with E-state index in [0.29, 0.717) is 6.54 Å². The number of nitrogens with two attached hydrogens (primary N) is 1. The van der Waals surface area contributed by atoms with Gasteiger partial charge in [0.1, 0.15) is 0 Å². The summed E-state index contributed by atoms with van der Waals surface area (Å²) < 4.78 is 0. The van der Waals surface area contributed by atoms with Gasteiger partial charge in [-0.15, -0.1) is 0 Å². The first-order chi connectivity index (χ1) is 7.64. The molecule has 1 rings (SSSR count). The number of rotatable bonds is 5. The van der Waals surface area contributed by atoms with Gasteiger partial charge in [-0.1, -0.05) is 6.92 Å². The van der Waals surface area contributed by atoms with E-state index in [1.807, 2.05) is 6.26 Å². The lowest BCUT2D eigenvalue weighted by Crippen LogP contribution is -2.48. The summed E-state index contributed by atoms with van der Waals surface area (Å²) in [6.07, 6.45) is 6.22. The fourth-order valence-electron chi connectivity index (χ4n) is 2.29. The smallest absolute Gasteiger partial charge is 0.227 e. The van der Waals surface area contributed by atoms with Crippen LogP contribution in [0.2, 0.25) is 0 Å². The maximum Gasteiger partial charge on any atom is 0.227 e. The standard InChI is InChI=1S/C12H24N2OS/c1-10-3-5-12(9-13,6-4-10)11(15)14-7-8-16-2/h10H,3-9,13H2,1-2H3,(H,14,15). The van der Waals surface area contributed by atoms with Crippen molar-refractivity contribution in [2.24, 2.45) is 17.1 Å². The van der Waals surface area contributed by atoms with Crippen LogP contribution in [-0.2, 0) is 4.79 Å². The van der Waals surface area contributed by atoms with Gasteiger partial charge in [0.05, 0.1) is 5.41 Å². The lowest BCUT2D eigenvalue weighted by Gasteiger charge is -2.37. The molecule has 16 heavy (non-hydrogen) atoms. The van der Waals surface area contributed by atoms with Crippen molar-refractivity contribution in [3.8, 4) is 0 Å². The van der Waals surface area contributed by atoms with Crippen molar-refractivity contribution in [2.75, 3.05) is 25.1 Å². The molecule has 0 aliphatic heterocycles. The Bertz CT molecular complexity index is 225. The van der Waals surface area contributed by atoms with E-state index in [1.54, 1.807) is 11.8 Å². The topological polar surface area (TPSA) is 55.1 Å². The SMILES string of the molecule is CSCCNC(=O)C1(CN)CCC(C)CC1. The van der Waals surface area contributed by atoms with Gasteiger partial charge in [0.15, 0.2) is 0 Å². The fraction of sp³-hybridized carbons (Fsp3) is 0.917. The van der Waals surface area contributed by atoms with Gasteiger partial charge in [-0.05, 0) is 37.9 Å². The lowest BCUT2D eigenvalue weighted by atomic mass is 9.70. The summed E-state index contributed by atoms with van der Waals surface area (Å²) in [5.41, 5.74) is 5.55. The minimum Gasteiger partial charge on any atom is -0.355 e. The van der Waals surface area contributed by atoms with Crippen molar-refractivity contribution in [3.63, 3.8) is 0 Å². The van der Waals surface area contributed by atoms with Crippen LogP contribution in [0.15, 0.2) is 0 Å². The molecule has 0 bridgehead atoms. The molecule has 0 aromatic carbocycles. The van der Waals surface area contributed by atoms with E-state index >= 15 is 0 Å². The molecule has 1 amide bonds. The van der Waals surface area contributed by atoms with Crippen molar-refractivity contribution in [1.29, 1.82) is 0 Å². The van der Waals surface area contributed by atoms with E-state index in [-0.39, 0.29) is 11.3 Å². The van der Waals surface area contributed by atoms with Crippen molar-refractivity contribution >= 4 is 17.7 Å². The number of hydrogen-bond donors (Lipinski definition) is 2. The molecule has 4 heteroatoms. The van der Waals surface area contributed by atoms with E-state index in [2.05, 4.69) is 12.2 Å². The zero-order valence-electron chi connectivity index (χ0n) is 10.4. The molecule has 1 aliphatic carbocycles. The molecule has 1 fully saturated rings. The highest BCUT2D eigenvalue weighted by atomic mass is 32.2. The second-order valence-corrected chi connectivity index (χ2v) is 5.90. The molecule has 0 saturated heterocycles. The minimum atomic E-state index is -0.273. The van der Waals surface area contributed by atoms with Crippen LogP contribution >= 0.6 is 11.8 Å². The van der Waals surface area contributed by atoms with Crippen molar-refractivity contribution < 1.29 is 4.79 Å². The summed E-state index contributed by atoms with van der Waals surface area (Å²) in [7, 11) is 0. The normalized spacial score (nSPS) is 30.1. The van der Waals surface area contributed by atoms with Crippen LogP contribution in [0.4, 0.5) is 0 Å². The number of nitrogens with one attached hydrogen (secondary N) is 1. The molecule has 0 atom stereocenters. The molecule has 0 radical (unpaired) electrons. The van der Waals surface area contributed by atoms with Crippen LogP contribution in [0, 0.1) is 11.3 Å². The molecule has 0 spiro atoms. The van der Waals surface area contributed by atoms with Gasteiger partial charge < -0.3 is 11.1 Å². The Morgan fingerprint density at radius 2 is 2.12 bits per heavy atom. The number of thioether (sulfide) groups is 1. The summed E-state index contributed by atoms with van der Waals surface area (Å²) in [5, 5.41) is 3.02. The Labute approximate surface area is 103 Å². The van der Waals surface area contributed by atoms with Gasteiger partial charge in [-0.25, -0.2) is 0 Å². The maximum atomic E-state index is 12.1. The minimum absolute atomic E-state index is 0.177. The quantitative estimate of drug-likeness (QED) is 0.723. The third-order valence-corrected chi connectivity index (χ3v) is 4.31. The Hall–Kier alpha value is -0.220. The molecule has 1 saturated carbocycles. The Kier molecular flexibility index (Phi) is 5.62. The summed E-state index contributed by atoms with van der Waals surface area (Å²) in [4.78, 5) is 12.1. The molecule has 1 aliphatic rings. The van der Waals surface area contributed by atoms with E-state index in [0.717, 1.165) is 43.9 Å². The first-order valence-electron chi connectivity index (χ1n) is 6.12. The van der Waals surface area contributed by atoms with Gasteiger partial charge in [0.25, 0.3) is 0 Å². The third kappa shape index (κ3) is 3.39. The van der Waals surface area contributed by atoms with Crippen LogP contribution in [0.1, 0.15) is 32.6 Å². The highest BCUT2D eigenvalue weighted by Gasteiger charge is 2.39. The summed E-state index contributed by atoms with van der Waals surface area (Å²) in [6, 6.07) is 0. The maximum absolute atomic E-state index is 12.1. The molecule has 0 unspecified atom stereocenters. The first-order valence-corrected chi connectivity index (χ1v) is 7.51. The van der Waals surface area contributed by atoms with Crippen LogP contribution < -0.4 is 11.1 Å². The van der Waals surface area contributed by atoms with Crippen molar-refractivity contribution in [1.82, 2.24) is 5.32 Å². The zero-order chi connectivity index (χ0) is 12.0. The zero-order valence-corrected chi connectivity index (χ0v) is 11.2. The van der Waals surface area contributed by atoms with Gasteiger partial charge >= 0.3 is 0 Å². The molecule has 3 N–H and O–H groups in total. The summed E-state index contributed by atoms with van der Waals surface area (Å²) >= 11 is 1.75.